The third-order valence-electron chi connectivity index (χ3n) is 5.94. The molecule has 1 heterocycles. The molecule has 2 N–H and O–H groups in total. The molecule has 4 saturated carbocycles. The molecule has 5 fully saturated rings. The minimum absolute atomic E-state index is 0.360. The number of amides is 1. The van der Waals surface area contributed by atoms with Gasteiger partial charge in [0, 0.05) is 18.5 Å². The van der Waals surface area contributed by atoms with E-state index in [0.717, 1.165) is 43.2 Å². The summed E-state index contributed by atoms with van der Waals surface area (Å²) in [6, 6.07) is 0.398. The van der Waals surface area contributed by atoms with Gasteiger partial charge in [-0.15, -0.1) is 0 Å². The first kappa shape index (κ1) is 11.3. The molecule has 5 rings (SSSR count). The van der Waals surface area contributed by atoms with Crippen LogP contribution in [0.5, 0.6) is 0 Å². The van der Waals surface area contributed by atoms with Crippen molar-refractivity contribution < 1.29 is 4.79 Å². The summed E-state index contributed by atoms with van der Waals surface area (Å²) in [6.45, 7) is 2.03. The lowest BCUT2D eigenvalue weighted by Crippen LogP contribution is -2.52. The first-order valence-electron chi connectivity index (χ1n) is 7.80. The second kappa shape index (κ2) is 4.22. The number of hydrogen-bond acceptors (Lipinski definition) is 2. The molecule has 1 aliphatic heterocycles. The van der Waals surface area contributed by atoms with E-state index < -0.39 is 0 Å². The van der Waals surface area contributed by atoms with Gasteiger partial charge in [0.2, 0.25) is 5.91 Å². The Hall–Kier alpha value is -0.570. The monoisotopic (exact) mass is 248 g/mol. The van der Waals surface area contributed by atoms with E-state index in [-0.39, 0.29) is 0 Å². The van der Waals surface area contributed by atoms with Crippen LogP contribution in [0.15, 0.2) is 0 Å². The highest BCUT2D eigenvalue weighted by Crippen LogP contribution is 2.56. The minimum atomic E-state index is 0.360. The number of rotatable bonds is 2. The van der Waals surface area contributed by atoms with Crippen molar-refractivity contribution in [3.05, 3.63) is 0 Å². The quantitative estimate of drug-likeness (QED) is 0.778. The van der Waals surface area contributed by atoms with Crippen LogP contribution in [0, 0.1) is 29.6 Å². The molecule has 1 saturated heterocycles. The molecule has 4 bridgehead atoms. The molecule has 0 aromatic carbocycles. The molecule has 1 atom stereocenters. The Morgan fingerprint density at radius 1 is 1.00 bits per heavy atom. The van der Waals surface area contributed by atoms with Crippen molar-refractivity contribution in [1.82, 2.24) is 10.6 Å². The molecule has 0 aromatic heterocycles. The Kier molecular flexibility index (Phi) is 2.65. The van der Waals surface area contributed by atoms with Gasteiger partial charge < -0.3 is 10.6 Å². The fraction of sp³-hybridized carbons (Fsp3) is 0.933. The molecular formula is C15H24N2O. The Morgan fingerprint density at radius 2 is 1.67 bits per heavy atom. The van der Waals surface area contributed by atoms with Crippen LogP contribution in [0.2, 0.25) is 0 Å². The van der Waals surface area contributed by atoms with Crippen LogP contribution in [-0.2, 0) is 4.79 Å². The van der Waals surface area contributed by atoms with Crippen LogP contribution in [0.4, 0.5) is 0 Å². The molecule has 4 aliphatic carbocycles. The third-order valence-corrected chi connectivity index (χ3v) is 5.94. The van der Waals surface area contributed by atoms with Crippen molar-refractivity contribution in [2.75, 3.05) is 13.1 Å². The van der Waals surface area contributed by atoms with E-state index >= 15 is 0 Å². The lowest BCUT2D eigenvalue weighted by Gasteiger charge is -2.53. The van der Waals surface area contributed by atoms with Gasteiger partial charge in [-0.2, -0.15) is 0 Å². The topological polar surface area (TPSA) is 41.1 Å². The maximum atomic E-state index is 12.6. The fourth-order valence-corrected chi connectivity index (χ4v) is 5.43. The smallest absolute Gasteiger partial charge is 0.223 e. The van der Waals surface area contributed by atoms with E-state index in [0.29, 0.717) is 17.9 Å². The summed E-state index contributed by atoms with van der Waals surface area (Å²) < 4.78 is 0. The summed E-state index contributed by atoms with van der Waals surface area (Å²) in [7, 11) is 0. The van der Waals surface area contributed by atoms with Crippen LogP contribution >= 0.6 is 0 Å². The molecule has 100 valence electrons. The van der Waals surface area contributed by atoms with E-state index in [4.69, 9.17) is 0 Å². The fourth-order valence-electron chi connectivity index (χ4n) is 5.43. The van der Waals surface area contributed by atoms with Gasteiger partial charge in [0.05, 0.1) is 0 Å². The third kappa shape index (κ3) is 1.78. The highest BCUT2D eigenvalue weighted by Gasteiger charge is 2.50. The van der Waals surface area contributed by atoms with Crippen molar-refractivity contribution in [3.63, 3.8) is 0 Å². The second-order valence-corrected chi connectivity index (χ2v) is 7.15. The molecule has 0 radical (unpaired) electrons. The summed E-state index contributed by atoms with van der Waals surface area (Å²) in [5.41, 5.74) is 0. The van der Waals surface area contributed by atoms with Gasteiger partial charge in [-0.1, -0.05) is 0 Å². The SMILES string of the molecule is O=C(N[C@@H]1CCNC1)C1C2CC3CC(C2)CC1C3. The average Bonchev–Trinajstić information content (AvgIpc) is 2.80. The standard InChI is InChI=1S/C15H24N2O/c18-15(17-13-1-2-16-8-13)14-11-4-9-3-10(6-11)7-12(14)5-9/h9-14,16H,1-8H2,(H,17,18)/t9?,10?,11?,12?,13-,14?/m1/s1. The van der Waals surface area contributed by atoms with Crippen LogP contribution in [0.25, 0.3) is 0 Å². The zero-order valence-electron chi connectivity index (χ0n) is 11.0. The Morgan fingerprint density at radius 3 is 2.22 bits per heavy atom. The molecule has 5 aliphatic rings. The van der Waals surface area contributed by atoms with E-state index in [1.54, 1.807) is 0 Å². The van der Waals surface area contributed by atoms with E-state index in [1.165, 1.54) is 32.1 Å². The van der Waals surface area contributed by atoms with Crippen LogP contribution < -0.4 is 10.6 Å². The largest absolute Gasteiger partial charge is 0.352 e. The normalized spacial score (nSPS) is 49.6. The Bertz CT molecular complexity index is 320. The van der Waals surface area contributed by atoms with Crippen LogP contribution in [-0.4, -0.2) is 25.0 Å². The average molecular weight is 248 g/mol. The lowest BCUT2D eigenvalue weighted by molar-refractivity contribution is -0.138. The van der Waals surface area contributed by atoms with Crippen molar-refractivity contribution in [1.29, 1.82) is 0 Å². The predicted octanol–water partition coefficient (Wildman–Crippen LogP) is 1.54. The molecule has 3 nitrogen and oxygen atoms in total. The maximum absolute atomic E-state index is 12.6. The predicted molar refractivity (Wildman–Crippen MR) is 70.0 cm³/mol. The molecule has 1 amide bonds. The maximum Gasteiger partial charge on any atom is 0.223 e. The number of hydrogen-bond donors (Lipinski definition) is 2. The van der Waals surface area contributed by atoms with Gasteiger partial charge in [-0.3, -0.25) is 4.79 Å². The number of nitrogens with one attached hydrogen (secondary N) is 2. The molecule has 3 heteroatoms. The number of carbonyl (C=O) groups is 1. The van der Waals surface area contributed by atoms with Crippen LogP contribution in [0.3, 0.4) is 0 Å². The van der Waals surface area contributed by atoms with Crippen molar-refractivity contribution >= 4 is 5.91 Å². The highest BCUT2D eigenvalue weighted by atomic mass is 16.2. The highest BCUT2D eigenvalue weighted by molar-refractivity contribution is 5.80. The first-order valence-corrected chi connectivity index (χ1v) is 7.80. The zero-order chi connectivity index (χ0) is 12.1. The van der Waals surface area contributed by atoms with Gasteiger partial charge in [0.1, 0.15) is 0 Å². The van der Waals surface area contributed by atoms with Crippen molar-refractivity contribution in [2.45, 2.75) is 44.6 Å². The first-order chi connectivity index (χ1) is 8.79. The summed E-state index contributed by atoms with van der Waals surface area (Å²) in [5.74, 6) is 4.11. The van der Waals surface area contributed by atoms with E-state index in [1.807, 2.05) is 0 Å². The van der Waals surface area contributed by atoms with Gasteiger partial charge >= 0.3 is 0 Å². The molecule has 0 aromatic rings. The van der Waals surface area contributed by atoms with Gasteiger partial charge in [-0.25, -0.2) is 0 Å². The second-order valence-electron chi connectivity index (χ2n) is 7.15. The summed E-state index contributed by atoms with van der Waals surface area (Å²) in [5, 5.41) is 6.64. The van der Waals surface area contributed by atoms with E-state index in [9.17, 15) is 4.79 Å². The summed E-state index contributed by atoms with van der Waals surface area (Å²) in [6.07, 6.45) is 7.94. The molecule has 18 heavy (non-hydrogen) atoms. The minimum Gasteiger partial charge on any atom is -0.352 e. The van der Waals surface area contributed by atoms with Crippen molar-refractivity contribution in [3.8, 4) is 0 Å². The molecule has 0 unspecified atom stereocenters. The lowest BCUT2D eigenvalue weighted by atomic mass is 9.51. The number of carbonyl (C=O) groups excluding carboxylic acids is 1. The summed E-state index contributed by atoms with van der Waals surface area (Å²) >= 11 is 0. The summed E-state index contributed by atoms with van der Waals surface area (Å²) in [4.78, 5) is 12.6. The van der Waals surface area contributed by atoms with E-state index in [2.05, 4.69) is 10.6 Å². The van der Waals surface area contributed by atoms with Crippen molar-refractivity contribution in [2.24, 2.45) is 29.6 Å². The van der Waals surface area contributed by atoms with Gasteiger partial charge in [0.15, 0.2) is 0 Å². The molecule has 0 spiro atoms. The van der Waals surface area contributed by atoms with Gasteiger partial charge in [-0.05, 0) is 68.7 Å². The van der Waals surface area contributed by atoms with Crippen LogP contribution in [0.1, 0.15) is 38.5 Å². The van der Waals surface area contributed by atoms with Gasteiger partial charge in [0.25, 0.3) is 0 Å². The molecular weight excluding hydrogens is 224 g/mol. The zero-order valence-corrected chi connectivity index (χ0v) is 11.0. The Balaban J connectivity index is 1.45. The Labute approximate surface area is 109 Å².